The van der Waals surface area contributed by atoms with E-state index in [1.54, 1.807) is 0 Å². The third-order valence-corrected chi connectivity index (χ3v) is 6.06. The van der Waals surface area contributed by atoms with Crippen molar-refractivity contribution in [2.24, 2.45) is 0 Å². The fourth-order valence-electron chi connectivity index (χ4n) is 4.31. The molecule has 9 heteroatoms. The highest BCUT2D eigenvalue weighted by Gasteiger charge is 2.23. The summed E-state index contributed by atoms with van der Waals surface area (Å²) in [7, 11) is 0. The summed E-state index contributed by atoms with van der Waals surface area (Å²) in [6, 6.07) is 16.9. The Kier molecular flexibility index (Phi) is 5.80. The van der Waals surface area contributed by atoms with E-state index in [0.29, 0.717) is 17.8 Å². The number of aromatic nitrogens is 3. The first-order valence-corrected chi connectivity index (χ1v) is 11.1. The second-order valence-electron chi connectivity index (χ2n) is 8.15. The lowest BCUT2D eigenvalue weighted by atomic mass is 10.2. The quantitative estimate of drug-likeness (QED) is 0.411. The summed E-state index contributed by atoms with van der Waals surface area (Å²) in [4.78, 5) is 32.8. The molecular weight excluding hydrogens is 420 g/mol. The molecule has 0 atom stereocenters. The number of hydrogen-bond acceptors (Lipinski definition) is 6. The first kappa shape index (κ1) is 21.2. The van der Waals surface area contributed by atoms with E-state index in [1.807, 2.05) is 59.2 Å². The molecule has 1 aliphatic heterocycles. The molecule has 3 N–H and O–H groups in total. The molecule has 4 aromatic rings. The number of para-hydroxylation sites is 2. The van der Waals surface area contributed by atoms with Gasteiger partial charge >= 0.3 is 5.56 Å². The number of carbonyl (C=O) groups is 1. The predicted octanol–water partition coefficient (Wildman–Crippen LogP) is 1.19. The van der Waals surface area contributed by atoms with Crippen LogP contribution in [0.25, 0.3) is 16.8 Å². The lowest BCUT2D eigenvalue weighted by Gasteiger charge is -2.27. The molecule has 170 valence electrons. The SMILES string of the molecule is O=C(NCc1ccccc1)c1nc2n(CCN3CCNCC3)c3ccccc3n2c(=O)c1O. The minimum atomic E-state index is -0.651. The van der Waals surface area contributed by atoms with Gasteiger partial charge in [-0.1, -0.05) is 42.5 Å². The van der Waals surface area contributed by atoms with Crippen LogP contribution in [0.4, 0.5) is 0 Å². The first-order valence-electron chi connectivity index (χ1n) is 11.1. The van der Waals surface area contributed by atoms with Crippen LogP contribution in [0.15, 0.2) is 59.4 Å². The fraction of sp³-hybridized carbons (Fsp3) is 0.292. The maximum atomic E-state index is 13.1. The lowest BCUT2D eigenvalue weighted by molar-refractivity contribution is 0.0942. The number of hydrogen-bond donors (Lipinski definition) is 3. The second-order valence-corrected chi connectivity index (χ2v) is 8.15. The maximum Gasteiger partial charge on any atom is 0.302 e. The Hall–Kier alpha value is -3.69. The minimum Gasteiger partial charge on any atom is -0.501 e. The smallest absolute Gasteiger partial charge is 0.302 e. The van der Waals surface area contributed by atoms with Gasteiger partial charge in [0.15, 0.2) is 5.69 Å². The van der Waals surface area contributed by atoms with E-state index in [9.17, 15) is 14.7 Å². The number of nitrogens with one attached hydrogen (secondary N) is 2. The lowest BCUT2D eigenvalue weighted by Crippen LogP contribution is -2.44. The van der Waals surface area contributed by atoms with Crippen molar-refractivity contribution in [1.29, 1.82) is 0 Å². The van der Waals surface area contributed by atoms with Gasteiger partial charge in [-0.2, -0.15) is 0 Å². The van der Waals surface area contributed by atoms with Crippen LogP contribution < -0.4 is 16.2 Å². The molecule has 0 radical (unpaired) electrons. The molecule has 1 aliphatic rings. The largest absolute Gasteiger partial charge is 0.501 e. The van der Waals surface area contributed by atoms with Crippen LogP contribution >= 0.6 is 0 Å². The molecule has 0 aliphatic carbocycles. The molecule has 1 amide bonds. The van der Waals surface area contributed by atoms with Crippen molar-refractivity contribution in [1.82, 2.24) is 29.5 Å². The number of rotatable bonds is 6. The Morgan fingerprint density at radius 2 is 1.70 bits per heavy atom. The Morgan fingerprint density at radius 1 is 1.00 bits per heavy atom. The van der Waals surface area contributed by atoms with Crippen molar-refractivity contribution in [2.45, 2.75) is 13.1 Å². The highest BCUT2D eigenvalue weighted by molar-refractivity contribution is 5.95. The number of aromatic hydroxyl groups is 1. The highest BCUT2D eigenvalue weighted by atomic mass is 16.3. The van der Waals surface area contributed by atoms with Crippen LogP contribution in [0, 0.1) is 0 Å². The van der Waals surface area contributed by atoms with E-state index in [0.717, 1.165) is 43.8 Å². The predicted molar refractivity (Wildman–Crippen MR) is 126 cm³/mol. The maximum absolute atomic E-state index is 13.1. The van der Waals surface area contributed by atoms with Crippen LogP contribution in [0.2, 0.25) is 0 Å². The standard InChI is InChI=1S/C24H26N6O3/c31-21-20(22(32)26-16-17-6-2-1-3-7-17)27-24-29(15-14-28-12-10-25-11-13-28)18-8-4-5-9-19(18)30(24)23(21)33/h1-9,25,31H,10-16H2,(H,26,32). The molecular formula is C24H26N6O3. The number of imidazole rings is 1. The normalized spacial score (nSPS) is 14.7. The molecule has 1 saturated heterocycles. The number of amides is 1. The van der Waals surface area contributed by atoms with Gasteiger partial charge in [0.05, 0.1) is 11.0 Å². The Labute approximate surface area is 190 Å². The van der Waals surface area contributed by atoms with Crippen LogP contribution in [0.5, 0.6) is 5.75 Å². The summed E-state index contributed by atoms with van der Waals surface area (Å²) in [6.45, 7) is 5.49. The number of benzene rings is 2. The van der Waals surface area contributed by atoms with E-state index in [1.165, 1.54) is 4.40 Å². The summed E-state index contributed by atoms with van der Waals surface area (Å²) in [5.41, 5.74) is 1.48. The van der Waals surface area contributed by atoms with Crippen molar-refractivity contribution < 1.29 is 9.90 Å². The molecule has 0 spiro atoms. The van der Waals surface area contributed by atoms with Crippen LogP contribution in [0.3, 0.4) is 0 Å². The molecule has 5 rings (SSSR count). The van der Waals surface area contributed by atoms with E-state index < -0.39 is 17.2 Å². The molecule has 1 fully saturated rings. The zero-order chi connectivity index (χ0) is 22.8. The molecule has 2 aromatic carbocycles. The first-order chi connectivity index (χ1) is 16.1. The van der Waals surface area contributed by atoms with Gasteiger partial charge in [-0.3, -0.25) is 14.5 Å². The zero-order valence-electron chi connectivity index (χ0n) is 18.2. The van der Waals surface area contributed by atoms with E-state index in [2.05, 4.69) is 20.5 Å². The van der Waals surface area contributed by atoms with Gasteiger partial charge in [-0.25, -0.2) is 9.38 Å². The van der Waals surface area contributed by atoms with E-state index in [4.69, 9.17) is 0 Å². The van der Waals surface area contributed by atoms with E-state index in [-0.39, 0.29) is 12.2 Å². The number of nitrogens with zero attached hydrogens (tertiary/aromatic N) is 4. The fourth-order valence-corrected chi connectivity index (χ4v) is 4.31. The van der Waals surface area contributed by atoms with Crippen LogP contribution in [-0.2, 0) is 13.1 Å². The Balaban J connectivity index is 1.53. The molecule has 2 aromatic heterocycles. The third-order valence-electron chi connectivity index (χ3n) is 6.06. The van der Waals surface area contributed by atoms with E-state index >= 15 is 0 Å². The third kappa shape index (κ3) is 4.08. The van der Waals surface area contributed by atoms with Crippen molar-refractivity contribution in [2.75, 3.05) is 32.7 Å². The number of piperazine rings is 1. The van der Waals surface area contributed by atoms with Gasteiger partial charge in [0.1, 0.15) is 0 Å². The van der Waals surface area contributed by atoms with Crippen molar-refractivity contribution in [3.8, 4) is 5.75 Å². The molecule has 0 unspecified atom stereocenters. The summed E-state index contributed by atoms with van der Waals surface area (Å²) < 4.78 is 3.34. The van der Waals surface area contributed by atoms with Crippen LogP contribution in [0.1, 0.15) is 16.1 Å². The molecule has 0 saturated carbocycles. The second kappa shape index (κ2) is 9.05. The monoisotopic (exact) mass is 446 g/mol. The average Bonchev–Trinajstić information content (AvgIpc) is 3.18. The Morgan fingerprint density at radius 3 is 2.45 bits per heavy atom. The number of carbonyl (C=O) groups excluding carboxylic acids is 1. The van der Waals surface area contributed by atoms with Gasteiger partial charge in [-0.05, 0) is 17.7 Å². The Bertz CT molecular complexity index is 1360. The average molecular weight is 447 g/mol. The van der Waals surface area contributed by atoms with Crippen molar-refractivity contribution in [3.05, 3.63) is 76.2 Å². The highest BCUT2D eigenvalue weighted by Crippen LogP contribution is 2.21. The number of fused-ring (bicyclic) bond motifs is 3. The minimum absolute atomic E-state index is 0.262. The molecule has 9 nitrogen and oxygen atoms in total. The summed E-state index contributed by atoms with van der Waals surface area (Å²) >= 11 is 0. The molecule has 3 heterocycles. The van der Waals surface area contributed by atoms with Crippen molar-refractivity contribution in [3.63, 3.8) is 0 Å². The van der Waals surface area contributed by atoms with Gasteiger partial charge in [0.2, 0.25) is 11.5 Å². The van der Waals surface area contributed by atoms with Crippen molar-refractivity contribution >= 4 is 22.7 Å². The molecule has 33 heavy (non-hydrogen) atoms. The molecule has 0 bridgehead atoms. The summed E-state index contributed by atoms with van der Waals surface area (Å²) in [5.74, 6) is -0.892. The summed E-state index contributed by atoms with van der Waals surface area (Å²) in [5, 5.41) is 16.7. The van der Waals surface area contributed by atoms with Gasteiger partial charge < -0.3 is 20.3 Å². The van der Waals surface area contributed by atoms with Gasteiger partial charge in [0, 0.05) is 45.8 Å². The van der Waals surface area contributed by atoms with Crippen LogP contribution in [-0.4, -0.2) is 62.6 Å². The summed E-state index contributed by atoms with van der Waals surface area (Å²) in [6.07, 6.45) is 0. The van der Waals surface area contributed by atoms with Gasteiger partial charge in [0.25, 0.3) is 5.91 Å². The van der Waals surface area contributed by atoms with Gasteiger partial charge in [-0.15, -0.1) is 0 Å². The topological polar surface area (TPSA) is 104 Å². The zero-order valence-corrected chi connectivity index (χ0v) is 18.2.